The molecule has 1 fully saturated rings. The Bertz CT molecular complexity index is 1360. The molecule has 15 nitrogen and oxygen atoms in total. The molecule has 4 N–H and O–H groups in total. The highest BCUT2D eigenvalue weighted by Crippen LogP contribution is 2.41. The standard InChI is InChI=1S/C21H21N7O8S3/c1-3-34-21(32)36-9(2)35-19(31)15-10(4-5-11-7-39-27-25-11)6-37-18-14(17(30)28(15)18)24-16(29)13(26-33)12-8-38-20(22)23-12/h4-5,7-9,14,18,33H,3,6H2,1-2H3,(H2,22,23)(H,24,29)/b5-4+,26-13-/t9?,14?,18-/m0/s1. The Morgan fingerprint density at radius 3 is 2.77 bits per heavy atom. The molecule has 2 aliphatic heterocycles. The van der Waals surface area contributed by atoms with E-state index in [1.165, 1.54) is 29.0 Å². The Balaban J connectivity index is 1.54. The largest absolute Gasteiger partial charge is 0.511 e. The number of nitrogens with two attached hydrogens (primary N) is 1. The third-order valence-corrected chi connectivity index (χ3v) is 7.69. The summed E-state index contributed by atoms with van der Waals surface area (Å²) < 4.78 is 18.6. The van der Waals surface area contributed by atoms with Gasteiger partial charge in [0.05, 0.1) is 12.3 Å². The Kier molecular flexibility index (Phi) is 8.77. The maximum atomic E-state index is 13.2. The number of thiazole rings is 1. The molecule has 0 aromatic carbocycles. The van der Waals surface area contributed by atoms with Crippen LogP contribution in [0.25, 0.3) is 6.08 Å². The minimum atomic E-state index is -1.31. The Morgan fingerprint density at radius 1 is 1.33 bits per heavy atom. The van der Waals surface area contributed by atoms with Gasteiger partial charge in [-0.15, -0.1) is 28.2 Å². The molecule has 0 radical (unpaired) electrons. The van der Waals surface area contributed by atoms with Crippen LogP contribution < -0.4 is 11.1 Å². The van der Waals surface area contributed by atoms with Crippen LogP contribution >= 0.6 is 34.6 Å². The van der Waals surface area contributed by atoms with Crippen molar-refractivity contribution in [2.24, 2.45) is 5.16 Å². The van der Waals surface area contributed by atoms with Crippen molar-refractivity contribution in [2.75, 3.05) is 18.1 Å². The predicted octanol–water partition coefficient (Wildman–Crippen LogP) is 1.18. The van der Waals surface area contributed by atoms with Gasteiger partial charge in [-0.2, -0.15) is 0 Å². The van der Waals surface area contributed by atoms with E-state index in [2.05, 4.69) is 29.8 Å². The summed E-state index contributed by atoms with van der Waals surface area (Å²) in [4.78, 5) is 55.9. The fraction of sp³-hybridized carbons (Fsp3) is 0.333. The van der Waals surface area contributed by atoms with Crippen LogP contribution in [-0.2, 0) is 28.6 Å². The summed E-state index contributed by atoms with van der Waals surface area (Å²) >= 11 is 3.48. The van der Waals surface area contributed by atoms with Crippen molar-refractivity contribution < 1.29 is 38.6 Å². The maximum absolute atomic E-state index is 13.2. The number of nitrogen functional groups attached to an aromatic ring is 1. The van der Waals surface area contributed by atoms with Gasteiger partial charge in [-0.05, 0) is 30.1 Å². The summed E-state index contributed by atoms with van der Waals surface area (Å²) in [5.41, 5.74) is 6.10. The minimum absolute atomic E-state index is 0.0427. The molecule has 2 aromatic heterocycles. The molecular weight excluding hydrogens is 574 g/mol. The van der Waals surface area contributed by atoms with E-state index in [4.69, 9.17) is 15.2 Å². The number of carbonyl (C=O) groups is 4. The normalized spacial score (nSPS) is 19.8. The number of ether oxygens (including phenoxy) is 3. The molecular formula is C21H21N7O8S3. The van der Waals surface area contributed by atoms with Gasteiger partial charge in [0.2, 0.25) is 6.29 Å². The van der Waals surface area contributed by atoms with Gasteiger partial charge in [0.15, 0.2) is 10.8 Å². The topological polar surface area (TPSA) is 209 Å². The lowest BCUT2D eigenvalue weighted by atomic mass is 10.0. The van der Waals surface area contributed by atoms with Crippen molar-refractivity contribution in [3.05, 3.63) is 39.5 Å². The van der Waals surface area contributed by atoms with E-state index >= 15 is 0 Å². The zero-order valence-electron chi connectivity index (χ0n) is 20.3. The zero-order chi connectivity index (χ0) is 28.1. The molecule has 0 aliphatic carbocycles. The molecule has 2 aliphatic rings. The van der Waals surface area contributed by atoms with Crippen molar-refractivity contribution in [3.8, 4) is 0 Å². The Hall–Kier alpha value is -4.03. The lowest BCUT2D eigenvalue weighted by Crippen LogP contribution is -2.71. The molecule has 2 aromatic rings. The van der Waals surface area contributed by atoms with Crippen LogP contribution in [0, 0.1) is 0 Å². The molecule has 0 bridgehead atoms. The van der Waals surface area contributed by atoms with Gasteiger partial charge in [0, 0.05) is 23.4 Å². The Labute approximate surface area is 232 Å². The molecule has 0 saturated carbocycles. The molecule has 0 spiro atoms. The smallest absolute Gasteiger partial charge is 0.435 e. The van der Waals surface area contributed by atoms with Gasteiger partial charge in [-0.3, -0.25) is 14.5 Å². The molecule has 39 heavy (non-hydrogen) atoms. The lowest BCUT2D eigenvalue weighted by molar-refractivity contribution is -0.168. The fourth-order valence-corrected chi connectivity index (χ4v) is 5.82. The fourth-order valence-electron chi connectivity index (χ4n) is 3.53. The molecule has 4 heterocycles. The quantitative estimate of drug-likeness (QED) is 0.0930. The molecule has 4 rings (SSSR count). The second kappa shape index (κ2) is 12.2. The first-order valence-electron chi connectivity index (χ1n) is 11.1. The van der Waals surface area contributed by atoms with Crippen LogP contribution in [0.1, 0.15) is 25.2 Å². The van der Waals surface area contributed by atoms with Crippen LogP contribution in [0.4, 0.5) is 9.93 Å². The monoisotopic (exact) mass is 595 g/mol. The number of fused-ring (bicyclic) bond motifs is 1. The Morgan fingerprint density at radius 2 is 2.13 bits per heavy atom. The molecule has 206 valence electrons. The van der Waals surface area contributed by atoms with Gasteiger partial charge in [-0.1, -0.05) is 15.7 Å². The average Bonchev–Trinajstić information content (AvgIpc) is 3.57. The van der Waals surface area contributed by atoms with Gasteiger partial charge >= 0.3 is 12.1 Å². The van der Waals surface area contributed by atoms with E-state index in [0.29, 0.717) is 11.3 Å². The van der Waals surface area contributed by atoms with E-state index in [-0.39, 0.29) is 28.9 Å². The average molecular weight is 596 g/mol. The SMILES string of the molecule is CCOC(=O)OC(C)OC(=O)C1=C(/C=C/c2csnn2)CS[C@H]2C(NC(=O)/C(=N\O)c3csc(N)n3)C(=O)N12. The highest BCUT2D eigenvalue weighted by atomic mass is 32.2. The number of esters is 1. The number of anilines is 1. The van der Waals surface area contributed by atoms with E-state index < -0.39 is 47.4 Å². The zero-order valence-corrected chi connectivity index (χ0v) is 22.7. The highest BCUT2D eigenvalue weighted by Gasteiger charge is 2.54. The number of rotatable bonds is 9. The van der Waals surface area contributed by atoms with Crippen molar-refractivity contribution in [1.29, 1.82) is 0 Å². The number of nitrogens with zero attached hydrogens (tertiary/aromatic N) is 5. The van der Waals surface area contributed by atoms with Crippen molar-refractivity contribution in [3.63, 3.8) is 0 Å². The molecule has 18 heteroatoms. The van der Waals surface area contributed by atoms with Crippen molar-refractivity contribution in [1.82, 2.24) is 24.8 Å². The first-order chi connectivity index (χ1) is 18.7. The highest BCUT2D eigenvalue weighted by molar-refractivity contribution is 8.00. The van der Waals surface area contributed by atoms with Crippen molar-refractivity contribution >= 4 is 75.5 Å². The summed E-state index contributed by atoms with van der Waals surface area (Å²) in [5.74, 6) is -2.13. The number of β-lactam (4-membered cyclic amide) rings is 1. The molecule has 3 atom stereocenters. The molecule has 1 saturated heterocycles. The van der Waals surface area contributed by atoms with Gasteiger partial charge in [0.25, 0.3) is 11.8 Å². The predicted molar refractivity (Wildman–Crippen MR) is 140 cm³/mol. The van der Waals surface area contributed by atoms with E-state index in [9.17, 15) is 24.4 Å². The van der Waals surface area contributed by atoms with Crippen LogP contribution in [0.5, 0.6) is 0 Å². The number of thioether (sulfide) groups is 1. The molecule has 2 amide bonds. The van der Waals surface area contributed by atoms with Crippen LogP contribution in [-0.4, -0.2) is 84.4 Å². The van der Waals surface area contributed by atoms with Gasteiger partial charge in [-0.25, -0.2) is 14.6 Å². The maximum Gasteiger partial charge on any atom is 0.511 e. The summed E-state index contributed by atoms with van der Waals surface area (Å²) in [7, 11) is 0. The number of hydrogen-bond donors (Lipinski definition) is 3. The van der Waals surface area contributed by atoms with E-state index in [1.807, 2.05) is 0 Å². The minimum Gasteiger partial charge on any atom is -0.435 e. The van der Waals surface area contributed by atoms with Crippen molar-refractivity contribution in [2.45, 2.75) is 31.6 Å². The summed E-state index contributed by atoms with van der Waals surface area (Å²) in [6.07, 6.45) is 0.894. The second-order valence-corrected chi connectivity index (χ2v) is 10.3. The number of amides is 2. The van der Waals surface area contributed by atoms with Crippen LogP contribution in [0.2, 0.25) is 0 Å². The van der Waals surface area contributed by atoms with Crippen LogP contribution in [0.15, 0.2) is 33.3 Å². The van der Waals surface area contributed by atoms with E-state index in [0.717, 1.165) is 22.9 Å². The second-order valence-electron chi connectivity index (χ2n) is 7.69. The summed E-state index contributed by atoms with van der Waals surface area (Å²) in [5, 5.41) is 21.4. The molecule has 2 unspecified atom stereocenters. The number of carbonyl (C=O) groups excluding carboxylic acids is 4. The van der Waals surface area contributed by atoms with E-state index in [1.54, 1.807) is 24.5 Å². The third kappa shape index (κ3) is 6.18. The summed E-state index contributed by atoms with van der Waals surface area (Å²) in [6.45, 7) is 2.98. The van der Waals surface area contributed by atoms with Gasteiger partial charge < -0.3 is 30.5 Å². The summed E-state index contributed by atoms with van der Waals surface area (Å²) in [6, 6.07) is -1.04. The lowest BCUT2D eigenvalue weighted by Gasteiger charge is -2.49. The van der Waals surface area contributed by atoms with Gasteiger partial charge in [0.1, 0.15) is 22.8 Å². The number of allylic oxidation sites excluding steroid dienone is 1. The first kappa shape index (κ1) is 28.0. The first-order valence-corrected chi connectivity index (χ1v) is 13.9. The number of aromatic nitrogens is 3. The number of oxime groups is 1. The number of nitrogens with one attached hydrogen (secondary N) is 1. The number of hydrogen-bond acceptors (Lipinski definition) is 16. The van der Waals surface area contributed by atoms with Crippen LogP contribution in [0.3, 0.4) is 0 Å². The third-order valence-electron chi connectivity index (χ3n) is 5.19.